The van der Waals surface area contributed by atoms with Gasteiger partial charge in [-0.1, -0.05) is 11.6 Å². The zero-order valence-corrected chi connectivity index (χ0v) is 26.9. The molecule has 0 spiro atoms. The highest BCUT2D eigenvalue weighted by Crippen LogP contribution is 2.41. The molecule has 2 saturated heterocycles. The Morgan fingerprint density at radius 1 is 1.02 bits per heavy atom. The van der Waals surface area contributed by atoms with Crippen molar-refractivity contribution < 1.29 is 32.7 Å². The number of alkyl halides is 3. The van der Waals surface area contributed by atoms with Crippen molar-refractivity contribution in [2.75, 3.05) is 50.3 Å². The first-order valence-corrected chi connectivity index (χ1v) is 15.7. The highest BCUT2D eigenvalue weighted by atomic mass is 35.5. The lowest BCUT2D eigenvalue weighted by molar-refractivity contribution is -0.155. The van der Waals surface area contributed by atoms with Gasteiger partial charge in [0.2, 0.25) is 0 Å². The summed E-state index contributed by atoms with van der Waals surface area (Å²) in [4.78, 5) is 50.8. The molecule has 2 aliphatic rings. The van der Waals surface area contributed by atoms with Crippen LogP contribution in [-0.4, -0.2) is 102 Å². The van der Waals surface area contributed by atoms with Crippen molar-refractivity contribution in [3.05, 3.63) is 64.8 Å². The molecule has 14 nitrogen and oxygen atoms in total. The number of imidazole rings is 1. The van der Waals surface area contributed by atoms with Gasteiger partial charge in [-0.2, -0.15) is 18.3 Å². The number of aromatic amines is 1. The number of hydrogen-bond acceptors (Lipinski definition) is 9. The number of aromatic nitrogens is 5. The van der Waals surface area contributed by atoms with Crippen molar-refractivity contribution in [3.63, 3.8) is 0 Å². The molecule has 4 aromatic rings. The number of halogens is 4. The van der Waals surface area contributed by atoms with E-state index in [0.29, 0.717) is 31.6 Å². The van der Waals surface area contributed by atoms with Crippen LogP contribution in [0.15, 0.2) is 42.7 Å². The molecule has 0 atom stereocenters. The standard InChI is InChI=1S/C31H32ClF3N10O4/c1-43-22(23-24(21-5-2-17(36)15-38-21)41-42-25(23)31(33,34)35)16-39-26(43)27(46)40-18-3-4-19(20(32)14-18)28(47)44-10-12-45(13-11-44)29(48)30(49)6-8-37-9-7-30/h2-5,14-16,37,49H,6-13,36H2,1H3,(H,40,46)(H,41,42). The normalized spacial score (nSPS) is 16.4. The van der Waals surface area contributed by atoms with E-state index in [9.17, 15) is 32.7 Å². The minimum Gasteiger partial charge on any atom is -0.397 e. The van der Waals surface area contributed by atoms with Gasteiger partial charge >= 0.3 is 6.18 Å². The summed E-state index contributed by atoms with van der Waals surface area (Å²) in [5.74, 6) is -1.65. The zero-order valence-electron chi connectivity index (χ0n) is 26.1. The van der Waals surface area contributed by atoms with Crippen LogP contribution in [0.1, 0.15) is 39.5 Å². The number of amides is 3. The van der Waals surface area contributed by atoms with Crippen molar-refractivity contribution in [2.45, 2.75) is 24.6 Å². The first kappa shape index (κ1) is 33.9. The number of carbonyl (C=O) groups is 3. The minimum absolute atomic E-state index is 0.0504. The Hall–Kier alpha value is -5.00. The van der Waals surface area contributed by atoms with Crippen LogP contribution in [0.4, 0.5) is 24.5 Å². The number of aliphatic hydroxyl groups is 1. The number of hydrogen-bond donors (Lipinski definition) is 5. The average molecular weight is 701 g/mol. The molecule has 1 aromatic carbocycles. The van der Waals surface area contributed by atoms with Crippen LogP contribution < -0.4 is 16.4 Å². The number of piperidine rings is 1. The Labute approximate surface area is 282 Å². The van der Waals surface area contributed by atoms with Crippen LogP contribution in [-0.2, 0) is 18.0 Å². The number of nitrogens with one attached hydrogen (secondary N) is 3. The lowest BCUT2D eigenvalue weighted by atomic mass is 9.90. The van der Waals surface area contributed by atoms with E-state index >= 15 is 0 Å². The van der Waals surface area contributed by atoms with Crippen LogP contribution in [0, 0.1) is 0 Å². The molecule has 2 aliphatic heterocycles. The van der Waals surface area contributed by atoms with Gasteiger partial charge in [-0.05, 0) is 56.3 Å². The number of nitrogen functional groups attached to an aromatic ring is 1. The summed E-state index contributed by atoms with van der Waals surface area (Å²) < 4.78 is 43.2. The molecule has 0 saturated carbocycles. The van der Waals surface area contributed by atoms with E-state index in [0.717, 1.165) is 6.20 Å². The van der Waals surface area contributed by atoms with Gasteiger partial charge in [-0.3, -0.25) is 24.5 Å². The number of carbonyl (C=O) groups excluding carboxylic acids is 3. The number of pyridine rings is 1. The molecule has 0 aliphatic carbocycles. The van der Waals surface area contributed by atoms with E-state index in [1.165, 1.54) is 48.1 Å². The van der Waals surface area contributed by atoms with Gasteiger partial charge in [0.05, 0.1) is 45.6 Å². The molecule has 5 heterocycles. The summed E-state index contributed by atoms with van der Waals surface area (Å²) in [6.45, 7) is 2.13. The summed E-state index contributed by atoms with van der Waals surface area (Å²) in [7, 11) is 1.39. The molecular formula is C31H32ClF3N10O4. The van der Waals surface area contributed by atoms with Crippen LogP contribution in [0.5, 0.6) is 0 Å². The monoisotopic (exact) mass is 700 g/mol. The van der Waals surface area contributed by atoms with Crippen LogP contribution in [0.25, 0.3) is 22.6 Å². The Kier molecular flexibility index (Phi) is 9.08. The first-order chi connectivity index (χ1) is 23.3. The summed E-state index contributed by atoms with van der Waals surface area (Å²) in [5.41, 5.74) is 3.46. The van der Waals surface area contributed by atoms with Crippen molar-refractivity contribution in [1.29, 1.82) is 0 Å². The molecule has 3 amide bonds. The van der Waals surface area contributed by atoms with Gasteiger partial charge in [-0.25, -0.2) is 4.98 Å². The van der Waals surface area contributed by atoms with Crippen LogP contribution >= 0.6 is 11.6 Å². The van der Waals surface area contributed by atoms with Gasteiger partial charge in [-0.15, -0.1) is 0 Å². The largest absolute Gasteiger partial charge is 0.433 e. The quantitative estimate of drug-likeness (QED) is 0.202. The molecule has 0 bridgehead atoms. The van der Waals surface area contributed by atoms with Gasteiger partial charge in [0.25, 0.3) is 17.7 Å². The maximum Gasteiger partial charge on any atom is 0.433 e. The predicted octanol–water partition coefficient (Wildman–Crippen LogP) is 2.78. The Bertz CT molecular complexity index is 1900. The van der Waals surface area contributed by atoms with E-state index in [2.05, 4.69) is 25.7 Å². The second-order valence-corrected chi connectivity index (χ2v) is 12.2. The Morgan fingerprint density at radius 3 is 2.35 bits per heavy atom. The molecule has 6 N–H and O–H groups in total. The summed E-state index contributed by atoms with van der Waals surface area (Å²) in [6.07, 6.45) is -1.73. The molecule has 0 unspecified atom stereocenters. The molecule has 18 heteroatoms. The van der Waals surface area contributed by atoms with E-state index in [1.54, 1.807) is 9.80 Å². The summed E-state index contributed by atoms with van der Waals surface area (Å²) in [6, 6.07) is 7.21. The van der Waals surface area contributed by atoms with Crippen molar-refractivity contribution in [3.8, 4) is 22.6 Å². The Balaban J connectivity index is 1.15. The molecule has 3 aromatic heterocycles. The zero-order chi connectivity index (χ0) is 35.1. The van der Waals surface area contributed by atoms with Gasteiger partial charge in [0, 0.05) is 38.9 Å². The topological polar surface area (TPSA) is 187 Å². The molecule has 49 heavy (non-hydrogen) atoms. The fourth-order valence-electron chi connectivity index (χ4n) is 5.96. The fraction of sp³-hybridized carbons (Fsp3) is 0.355. The van der Waals surface area contributed by atoms with Gasteiger partial charge in [0.1, 0.15) is 17.0 Å². The van der Waals surface area contributed by atoms with E-state index in [-0.39, 0.29) is 82.7 Å². The summed E-state index contributed by atoms with van der Waals surface area (Å²) in [5, 5.41) is 22.5. The van der Waals surface area contributed by atoms with Crippen molar-refractivity contribution in [2.24, 2.45) is 7.05 Å². The van der Waals surface area contributed by atoms with E-state index in [1.807, 2.05) is 5.10 Å². The maximum atomic E-state index is 14.0. The number of piperazine rings is 1. The van der Waals surface area contributed by atoms with Crippen LogP contribution in [0.2, 0.25) is 5.02 Å². The molecule has 6 rings (SSSR count). The number of nitrogens with two attached hydrogens (primary N) is 1. The summed E-state index contributed by atoms with van der Waals surface area (Å²) >= 11 is 6.47. The van der Waals surface area contributed by atoms with Crippen LogP contribution in [0.3, 0.4) is 0 Å². The molecular weight excluding hydrogens is 669 g/mol. The van der Waals surface area contributed by atoms with Gasteiger partial charge < -0.3 is 35.8 Å². The third-order valence-corrected chi connectivity index (χ3v) is 8.98. The lowest BCUT2D eigenvalue weighted by Gasteiger charge is -2.40. The number of rotatable bonds is 6. The average Bonchev–Trinajstić information content (AvgIpc) is 3.69. The second kappa shape index (κ2) is 13.1. The number of nitrogens with zero attached hydrogens (tertiary/aromatic N) is 6. The maximum absolute atomic E-state index is 14.0. The molecule has 2 fully saturated rings. The highest BCUT2D eigenvalue weighted by molar-refractivity contribution is 6.34. The highest BCUT2D eigenvalue weighted by Gasteiger charge is 2.42. The fourth-order valence-corrected chi connectivity index (χ4v) is 6.23. The lowest BCUT2D eigenvalue weighted by Crippen LogP contribution is -2.59. The van der Waals surface area contributed by atoms with Gasteiger partial charge in [0.15, 0.2) is 5.82 Å². The molecule has 258 valence electrons. The minimum atomic E-state index is -4.81. The third kappa shape index (κ3) is 6.68. The van der Waals surface area contributed by atoms with E-state index < -0.39 is 23.4 Å². The number of benzene rings is 1. The predicted molar refractivity (Wildman–Crippen MR) is 172 cm³/mol. The van der Waals surface area contributed by atoms with E-state index in [4.69, 9.17) is 17.3 Å². The second-order valence-electron chi connectivity index (χ2n) is 11.8. The molecule has 0 radical (unpaired) electrons. The third-order valence-electron chi connectivity index (χ3n) is 8.67. The SMILES string of the molecule is Cn1c(-c2c(-c3ccc(N)cn3)n[nH]c2C(F)(F)F)cnc1C(=O)Nc1ccc(C(=O)N2CCN(C(=O)C3(O)CCNCC3)CC2)c(Cl)c1. The smallest absolute Gasteiger partial charge is 0.397 e. The Morgan fingerprint density at radius 2 is 1.71 bits per heavy atom. The first-order valence-electron chi connectivity index (χ1n) is 15.3. The number of H-pyrrole nitrogens is 1. The number of anilines is 2. The van der Waals surface area contributed by atoms with Crippen molar-refractivity contribution >= 4 is 40.7 Å². The van der Waals surface area contributed by atoms with Crippen molar-refractivity contribution in [1.82, 2.24) is 39.8 Å².